The Morgan fingerprint density at radius 2 is 1.22 bits per heavy atom. The molecule has 2 atom stereocenters. The lowest BCUT2D eigenvalue weighted by Gasteiger charge is -2.32. The monoisotopic (exact) mass is 717 g/mol. The maximum Gasteiger partial charge on any atom is 0.494 e. The van der Waals surface area contributed by atoms with Crippen LogP contribution in [0.1, 0.15) is 122 Å². The topological polar surface area (TPSA) is 159 Å². The van der Waals surface area contributed by atoms with Gasteiger partial charge in [0.25, 0.3) is 0 Å². The number of esters is 3. The van der Waals surface area contributed by atoms with Crippen LogP contribution in [0.5, 0.6) is 0 Å². The van der Waals surface area contributed by atoms with Crippen LogP contribution in [0.2, 0.25) is 0 Å². The van der Waals surface area contributed by atoms with Crippen molar-refractivity contribution in [3.63, 3.8) is 0 Å². The summed E-state index contributed by atoms with van der Waals surface area (Å²) in [6.07, 6.45) is 0.122. The van der Waals surface area contributed by atoms with Gasteiger partial charge in [-0.1, -0.05) is 12.1 Å². The number of nitrogens with one attached hydrogen (secondary N) is 2. The molecule has 2 rings (SSSR count). The van der Waals surface area contributed by atoms with E-state index in [1.54, 1.807) is 69.4 Å². The van der Waals surface area contributed by atoms with E-state index in [4.69, 9.17) is 23.5 Å². The van der Waals surface area contributed by atoms with Gasteiger partial charge in [0.05, 0.1) is 11.2 Å². The zero-order chi connectivity index (χ0) is 39.2. The van der Waals surface area contributed by atoms with E-state index in [-0.39, 0.29) is 38.0 Å². The Morgan fingerprint density at radius 3 is 1.69 bits per heavy atom. The van der Waals surface area contributed by atoms with Crippen LogP contribution in [0, 0.1) is 0 Å². The second-order valence-corrected chi connectivity index (χ2v) is 16.9. The summed E-state index contributed by atoms with van der Waals surface area (Å²) in [5.74, 6) is -2.19. The van der Waals surface area contributed by atoms with E-state index >= 15 is 0 Å². The van der Waals surface area contributed by atoms with Crippen molar-refractivity contribution < 1.29 is 47.5 Å². The molecule has 0 spiro atoms. The zero-order valence-corrected chi connectivity index (χ0v) is 33.1. The molecule has 1 aromatic carbocycles. The Bertz CT molecular complexity index is 1390. The normalized spacial score (nSPS) is 16.8. The molecule has 1 heterocycles. The highest BCUT2D eigenvalue weighted by Gasteiger charge is 2.51. The number of carbonyl (C=O) groups is 5. The summed E-state index contributed by atoms with van der Waals surface area (Å²) in [7, 11) is 1.08. The van der Waals surface area contributed by atoms with Crippen LogP contribution in [0.4, 0.5) is 10.5 Å². The molecule has 1 aliphatic rings. The van der Waals surface area contributed by atoms with E-state index in [1.807, 2.05) is 52.0 Å². The molecule has 0 aromatic heterocycles. The number of amides is 3. The molecule has 51 heavy (non-hydrogen) atoms. The Kier molecular flexibility index (Phi) is 14.3. The number of rotatable bonds is 13. The van der Waals surface area contributed by atoms with Gasteiger partial charge in [-0.15, -0.1) is 0 Å². The molecule has 0 saturated carbocycles. The molecule has 0 bridgehead atoms. The van der Waals surface area contributed by atoms with Gasteiger partial charge in [0.1, 0.15) is 28.9 Å². The van der Waals surface area contributed by atoms with E-state index in [1.165, 1.54) is 4.90 Å². The second-order valence-electron chi connectivity index (χ2n) is 16.9. The number of benzene rings is 1. The van der Waals surface area contributed by atoms with Crippen LogP contribution in [0.25, 0.3) is 0 Å². The summed E-state index contributed by atoms with van der Waals surface area (Å²) in [6.45, 7) is 23.2. The van der Waals surface area contributed by atoms with Crippen molar-refractivity contribution >= 4 is 48.1 Å². The first-order valence-electron chi connectivity index (χ1n) is 17.6. The molecule has 0 aliphatic carbocycles. The highest BCUT2D eigenvalue weighted by molar-refractivity contribution is 6.62. The third-order valence-electron chi connectivity index (χ3n) is 8.09. The lowest BCUT2D eigenvalue weighted by Crippen LogP contribution is -2.53. The van der Waals surface area contributed by atoms with Crippen LogP contribution in [0.3, 0.4) is 0 Å². The van der Waals surface area contributed by atoms with Crippen LogP contribution in [-0.2, 0) is 42.7 Å². The predicted molar refractivity (Wildman–Crippen MR) is 195 cm³/mol. The summed E-state index contributed by atoms with van der Waals surface area (Å²) in [4.78, 5) is 66.7. The lowest BCUT2D eigenvalue weighted by molar-refractivity contribution is -0.159. The lowest BCUT2D eigenvalue weighted by atomic mass is 9.79. The third-order valence-corrected chi connectivity index (χ3v) is 8.09. The Hall–Kier alpha value is -3.65. The van der Waals surface area contributed by atoms with Crippen LogP contribution in [-0.4, -0.2) is 84.1 Å². The molecule has 0 radical (unpaired) electrons. The van der Waals surface area contributed by atoms with Crippen molar-refractivity contribution in [1.82, 2.24) is 10.6 Å². The number of anilines is 1. The summed E-state index contributed by atoms with van der Waals surface area (Å²) in [5.41, 5.74) is -2.03. The molecule has 1 fully saturated rings. The Balaban J connectivity index is 2.12. The van der Waals surface area contributed by atoms with Gasteiger partial charge in [0.2, 0.25) is 5.91 Å². The molecule has 1 aliphatic heterocycles. The van der Waals surface area contributed by atoms with Gasteiger partial charge in [-0.2, -0.15) is 0 Å². The number of ether oxygens (including phenoxy) is 3. The van der Waals surface area contributed by atoms with Gasteiger partial charge < -0.3 is 39.1 Å². The zero-order valence-electron chi connectivity index (χ0n) is 33.1. The van der Waals surface area contributed by atoms with Crippen molar-refractivity contribution in [1.29, 1.82) is 0 Å². The van der Waals surface area contributed by atoms with Crippen LogP contribution < -0.4 is 21.0 Å². The molecule has 3 amide bonds. The van der Waals surface area contributed by atoms with Gasteiger partial charge in [-0.05, 0) is 127 Å². The average molecular weight is 718 g/mol. The third kappa shape index (κ3) is 14.5. The summed E-state index contributed by atoms with van der Waals surface area (Å²) < 4.78 is 28.7. The van der Waals surface area contributed by atoms with Crippen molar-refractivity contribution in [2.75, 3.05) is 11.9 Å². The van der Waals surface area contributed by atoms with E-state index in [0.717, 1.165) is 5.46 Å². The maximum absolute atomic E-state index is 13.3. The smallest absolute Gasteiger partial charge is 0.460 e. The molecular weight excluding hydrogens is 657 g/mol. The first-order valence-corrected chi connectivity index (χ1v) is 17.6. The SMILES string of the molecule is CN(C(=O)CCC[C@H](NC(=O)N[C@@H](CCC(=O)OC(C)(C)C)C(=O)OC(C)(C)C)C(=O)OC(C)(C)C)c1cccc(B2OC(C)(C)C(C)(C)O2)c1. The maximum atomic E-state index is 13.3. The van der Waals surface area contributed by atoms with Crippen LogP contribution >= 0.6 is 0 Å². The van der Waals surface area contributed by atoms with Crippen molar-refractivity contribution in [3.05, 3.63) is 24.3 Å². The van der Waals surface area contributed by atoms with Gasteiger partial charge in [0.15, 0.2) is 0 Å². The highest BCUT2D eigenvalue weighted by atomic mass is 16.7. The first-order chi connectivity index (χ1) is 23.1. The number of nitrogens with zero attached hydrogens (tertiary/aromatic N) is 1. The largest absolute Gasteiger partial charge is 0.494 e. The van der Waals surface area contributed by atoms with E-state index in [2.05, 4.69) is 10.6 Å². The molecular formula is C37H60BN3O10. The van der Waals surface area contributed by atoms with E-state index < -0.39 is 71.1 Å². The first kappa shape index (κ1) is 43.5. The van der Waals surface area contributed by atoms with Crippen molar-refractivity contribution in [3.8, 4) is 0 Å². The van der Waals surface area contributed by atoms with Crippen molar-refractivity contribution in [2.24, 2.45) is 0 Å². The molecule has 14 heteroatoms. The number of carbonyl (C=O) groups excluding carboxylic acids is 5. The van der Waals surface area contributed by atoms with Gasteiger partial charge in [-0.25, -0.2) is 14.4 Å². The summed E-state index contributed by atoms with van der Waals surface area (Å²) in [5, 5.41) is 5.15. The fourth-order valence-electron chi connectivity index (χ4n) is 4.88. The fourth-order valence-corrected chi connectivity index (χ4v) is 4.88. The van der Waals surface area contributed by atoms with E-state index in [0.29, 0.717) is 5.69 Å². The molecule has 1 saturated heterocycles. The highest BCUT2D eigenvalue weighted by Crippen LogP contribution is 2.36. The van der Waals surface area contributed by atoms with Gasteiger partial charge in [-0.3, -0.25) is 9.59 Å². The quantitative estimate of drug-likeness (QED) is 0.162. The van der Waals surface area contributed by atoms with Crippen LogP contribution in [0.15, 0.2) is 24.3 Å². The molecule has 2 N–H and O–H groups in total. The number of hydrogen-bond donors (Lipinski definition) is 2. The molecule has 0 unspecified atom stereocenters. The summed E-state index contributed by atoms with van der Waals surface area (Å²) >= 11 is 0. The minimum absolute atomic E-state index is 0.0657. The van der Waals surface area contributed by atoms with Gasteiger partial charge >= 0.3 is 31.1 Å². The average Bonchev–Trinajstić information content (AvgIpc) is 3.17. The molecule has 1 aromatic rings. The summed E-state index contributed by atoms with van der Waals surface area (Å²) in [6, 6.07) is 4.19. The molecule has 13 nitrogen and oxygen atoms in total. The Morgan fingerprint density at radius 1 is 0.745 bits per heavy atom. The van der Waals surface area contributed by atoms with Gasteiger partial charge in [0, 0.05) is 25.6 Å². The molecule has 286 valence electrons. The number of urea groups is 1. The second kappa shape index (κ2) is 16.8. The number of hydrogen-bond acceptors (Lipinski definition) is 10. The van der Waals surface area contributed by atoms with E-state index in [9.17, 15) is 24.0 Å². The van der Waals surface area contributed by atoms with Crippen molar-refractivity contribution in [2.45, 2.75) is 162 Å². The predicted octanol–water partition coefficient (Wildman–Crippen LogP) is 4.96. The minimum atomic E-state index is -1.21. The fraction of sp³-hybridized carbons (Fsp3) is 0.703. The minimum Gasteiger partial charge on any atom is -0.460 e. The Labute approximate surface area is 304 Å². The standard InChI is InChI=1S/C37H60BN3O10/c1-33(2,3)47-29(43)22-21-27(31(45)49-35(7,8)9)40-32(46)39-26(30(44)48-34(4,5)6)19-16-20-28(42)41(14)25-18-15-17-24(23-25)38-50-36(10,11)37(12,13)51-38/h15,17-18,23,26-27H,16,19-22H2,1-14H3,(H2,39,40,46)/t26-,27-/m0/s1.